The highest BCUT2D eigenvalue weighted by molar-refractivity contribution is 8.00. The van der Waals surface area contributed by atoms with Crippen molar-refractivity contribution < 1.29 is 9.21 Å². The van der Waals surface area contributed by atoms with Gasteiger partial charge in [-0.25, -0.2) is 10.1 Å². The first-order valence-electron chi connectivity index (χ1n) is 9.65. The highest BCUT2D eigenvalue weighted by Gasteiger charge is 2.14. The maximum atomic E-state index is 12.3. The van der Waals surface area contributed by atoms with Gasteiger partial charge < -0.3 is 10.3 Å². The number of aromatic nitrogens is 5. The molecule has 4 rings (SSSR count). The number of furan rings is 1. The van der Waals surface area contributed by atoms with Crippen LogP contribution in [0.1, 0.15) is 17.1 Å². The van der Waals surface area contributed by atoms with Gasteiger partial charge >= 0.3 is 0 Å². The molecule has 0 aliphatic rings. The number of halogens is 1. The number of carbonyl (C=O) groups is 1. The summed E-state index contributed by atoms with van der Waals surface area (Å²) in [6, 6.07) is 11.2. The Morgan fingerprint density at radius 1 is 1.21 bits per heavy atom. The molecule has 1 aromatic carbocycles. The van der Waals surface area contributed by atoms with Crippen LogP contribution in [0.15, 0.2) is 55.4 Å². The zero-order valence-electron chi connectivity index (χ0n) is 17.6. The van der Waals surface area contributed by atoms with Crippen molar-refractivity contribution in [3.8, 4) is 0 Å². The predicted molar refractivity (Wildman–Crippen MR) is 135 cm³/mol. The van der Waals surface area contributed by atoms with Crippen LogP contribution in [-0.2, 0) is 10.5 Å². The largest absolute Gasteiger partial charge is 0.460 e. The molecule has 34 heavy (non-hydrogen) atoms. The first kappa shape index (κ1) is 24.1. The zero-order chi connectivity index (χ0) is 23.9. The summed E-state index contributed by atoms with van der Waals surface area (Å²) in [4.78, 5) is 12.3. The van der Waals surface area contributed by atoms with Crippen LogP contribution < -0.4 is 16.6 Å². The van der Waals surface area contributed by atoms with E-state index < -0.39 is 0 Å². The Bertz CT molecular complexity index is 1290. The Morgan fingerprint density at radius 3 is 2.79 bits per heavy atom. The lowest BCUT2D eigenvalue weighted by molar-refractivity contribution is -0.113. The fourth-order valence-corrected chi connectivity index (χ4v) is 4.96. The molecule has 0 unspecified atom stereocenters. The first-order chi connectivity index (χ1) is 16.5. The van der Waals surface area contributed by atoms with Gasteiger partial charge in [-0.05, 0) is 36.8 Å². The number of nitrogens with two attached hydrogens (primary N) is 1. The minimum absolute atomic E-state index is 0.0666. The molecule has 0 aliphatic heterocycles. The van der Waals surface area contributed by atoms with Gasteiger partial charge in [0.15, 0.2) is 4.34 Å². The molecule has 3 aromatic heterocycles. The van der Waals surface area contributed by atoms with Crippen molar-refractivity contribution >= 4 is 69.7 Å². The molecule has 0 bridgehead atoms. The smallest absolute Gasteiger partial charge is 0.264 e. The number of hydrogen-bond donors (Lipinski definition) is 3. The number of hydrogen-bond acceptors (Lipinski definition) is 12. The van der Waals surface area contributed by atoms with Crippen molar-refractivity contribution in [3.63, 3.8) is 0 Å². The fraction of sp³-hybridized carbons (Fsp3) is 0.158. The SMILES string of the molecule is Cc1ccc(/C=N/Nc2nnc(SCC(=O)Nc3nnc(SCc4ccc(Cl)cc4)s3)n2N)o1. The standard InChI is InChI=1S/C19H18ClN9O2S3/c1-11-2-7-14(31-11)8-22-24-16-25-27-18(29(16)21)32-10-15(30)23-17-26-28-19(34-17)33-9-12-3-5-13(20)6-4-12/h2-8H,9-10,21H2,1H3,(H,24,25)(H,23,26,30)/b22-8+. The number of thioether (sulfide) groups is 2. The normalized spacial score (nSPS) is 11.2. The van der Waals surface area contributed by atoms with Crippen LogP contribution in [0.5, 0.6) is 0 Å². The van der Waals surface area contributed by atoms with Gasteiger partial charge in [0.25, 0.3) is 5.95 Å². The summed E-state index contributed by atoms with van der Waals surface area (Å²) in [5, 5.41) is 24.2. The molecular formula is C19H18ClN9O2S3. The van der Waals surface area contributed by atoms with Crippen LogP contribution in [0.25, 0.3) is 0 Å². The Labute approximate surface area is 211 Å². The second-order valence-corrected chi connectivity index (χ2v) is 10.2. The van der Waals surface area contributed by atoms with E-state index in [0.29, 0.717) is 21.1 Å². The predicted octanol–water partition coefficient (Wildman–Crippen LogP) is 3.87. The van der Waals surface area contributed by atoms with E-state index in [4.69, 9.17) is 21.9 Å². The first-order valence-corrected chi connectivity index (χ1v) is 12.8. The molecular weight excluding hydrogens is 518 g/mol. The Hall–Kier alpha value is -3.07. The summed E-state index contributed by atoms with van der Waals surface area (Å²) >= 11 is 9.86. The molecule has 4 N–H and O–H groups in total. The molecule has 11 nitrogen and oxygen atoms in total. The van der Waals surface area contributed by atoms with Crippen molar-refractivity contribution in [1.82, 2.24) is 25.1 Å². The minimum atomic E-state index is -0.265. The highest BCUT2D eigenvalue weighted by Crippen LogP contribution is 2.29. The number of aryl methyl sites for hydroxylation is 1. The van der Waals surface area contributed by atoms with Crippen molar-refractivity contribution in [2.75, 3.05) is 22.3 Å². The highest BCUT2D eigenvalue weighted by atomic mass is 35.5. The molecule has 0 saturated carbocycles. The summed E-state index contributed by atoms with van der Waals surface area (Å²) in [5.74, 6) is 8.08. The Kier molecular flexibility index (Phi) is 8.05. The summed E-state index contributed by atoms with van der Waals surface area (Å²) < 4.78 is 7.34. The number of nitrogens with zero attached hydrogens (tertiary/aromatic N) is 6. The second-order valence-electron chi connectivity index (χ2n) is 6.62. The number of rotatable bonds is 10. The summed E-state index contributed by atoms with van der Waals surface area (Å²) in [6.45, 7) is 1.84. The van der Waals surface area contributed by atoms with Gasteiger partial charge in [-0.2, -0.15) is 5.10 Å². The van der Waals surface area contributed by atoms with Gasteiger partial charge in [-0.15, -0.1) is 20.4 Å². The zero-order valence-corrected chi connectivity index (χ0v) is 20.8. The molecule has 0 aliphatic carbocycles. The van der Waals surface area contributed by atoms with Crippen molar-refractivity contribution in [3.05, 3.63) is 58.5 Å². The lowest BCUT2D eigenvalue weighted by Gasteiger charge is -2.02. The van der Waals surface area contributed by atoms with Crippen molar-refractivity contribution in [2.24, 2.45) is 5.10 Å². The van der Waals surface area contributed by atoms with E-state index in [2.05, 4.69) is 36.2 Å². The third kappa shape index (κ3) is 6.72. The third-order valence-electron chi connectivity index (χ3n) is 4.04. The Morgan fingerprint density at radius 2 is 2.03 bits per heavy atom. The van der Waals surface area contributed by atoms with Gasteiger partial charge in [0.05, 0.1) is 12.0 Å². The van der Waals surface area contributed by atoms with Gasteiger partial charge in [-0.1, -0.05) is 58.6 Å². The molecule has 0 spiro atoms. The maximum absolute atomic E-state index is 12.3. The van der Waals surface area contributed by atoms with E-state index in [1.165, 1.54) is 34.0 Å². The lowest BCUT2D eigenvalue weighted by atomic mass is 10.2. The van der Waals surface area contributed by atoms with E-state index in [1.807, 2.05) is 37.3 Å². The van der Waals surface area contributed by atoms with Crippen LogP contribution in [0.2, 0.25) is 5.02 Å². The average molecular weight is 536 g/mol. The second kappa shape index (κ2) is 11.4. The van der Waals surface area contributed by atoms with Gasteiger partial charge in [-0.3, -0.25) is 10.1 Å². The molecule has 176 valence electrons. The summed E-state index contributed by atoms with van der Waals surface area (Å²) in [5.41, 5.74) is 3.80. The molecule has 0 radical (unpaired) electrons. The monoisotopic (exact) mass is 535 g/mol. The number of anilines is 2. The van der Waals surface area contributed by atoms with E-state index in [1.54, 1.807) is 6.07 Å². The molecule has 1 amide bonds. The van der Waals surface area contributed by atoms with Crippen LogP contribution in [0.3, 0.4) is 0 Å². The van der Waals surface area contributed by atoms with E-state index in [9.17, 15) is 4.79 Å². The average Bonchev–Trinajstić information content (AvgIpc) is 3.53. The van der Waals surface area contributed by atoms with Gasteiger partial charge in [0.1, 0.15) is 11.5 Å². The summed E-state index contributed by atoms with van der Waals surface area (Å²) in [7, 11) is 0. The number of hydrazone groups is 1. The van der Waals surface area contributed by atoms with Crippen molar-refractivity contribution in [2.45, 2.75) is 22.2 Å². The third-order valence-corrected chi connectivity index (χ3v) is 7.28. The van der Waals surface area contributed by atoms with Crippen molar-refractivity contribution in [1.29, 1.82) is 0 Å². The van der Waals surface area contributed by atoms with Gasteiger partial charge in [0, 0.05) is 10.8 Å². The minimum Gasteiger partial charge on any atom is -0.460 e. The molecule has 3 heterocycles. The van der Waals surface area contributed by atoms with Crippen LogP contribution in [0.4, 0.5) is 11.1 Å². The van der Waals surface area contributed by atoms with E-state index >= 15 is 0 Å². The summed E-state index contributed by atoms with van der Waals surface area (Å²) in [6.07, 6.45) is 1.49. The number of nitrogens with one attached hydrogen (secondary N) is 2. The van der Waals surface area contributed by atoms with Gasteiger partial charge in [0.2, 0.25) is 16.2 Å². The molecule has 15 heteroatoms. The number of carbonyl (C=O) groups excluding carboxylic acids is 1. The quantitative estimate of drug-likeness (QED) is 0.0897. The van der Waals surface area contributed by atoms with E-state index in [-0.39, 0.29) is 17.6 Å². The molecule has 0 atom stereocenters. The van der Waals surface area contributed by atoms with Crippen LogP contribution >= 0.6 is 46.5 Å². The molecule has 4 aromatic rings. The maximum Gasteiger partial charge on any atom is 0.264 e. The number of benzene rings is 1. The van der Waals surface area contributed by atoms with E-state index in [0.717, 1.165) is 33.2 Å². The molecule has 0 saturated heterocycles. The number of amides is 1. The van der Waals surface area contributed by atoms with Crippen LogP contribution in [0, 0.1) is 6.92 Å². The topological polar surface area (TPSA) is 149 Å². The Balaban J connectivity index is 1.22. The molecule has 0 fully saturated rings. The fourth-order valence-electron chi connectivity index (χ4n) is 2.46. The van der Waals surface area contributed by atoms with Crippen LogP contribution in [-0.4, -0.2) is 42.9 Å². The number of nitrogen functional groups attached to an aromatic ring is 1. The lowest BCUT2D eigenvalue weighted by Crippen LogP contribution is -2.16.